The van der Waals surface area contributed by atoms with Crippen LogP contribution in [0.4, 0.5) is 11.4 Å². The summed E-state index contributed by atoms with van der Waals surface area (Å²) in [5, 5.41) is 22.1. The van der Waals surface area contributed by atoms with Crippen molar-refractivity contribution < 1.29 is 9.85 Å². The first-order valence-electron chi connectivity index (χ1n) is 10.2. The lowest BCUT2D eigenvalue weighted by molar-refractivity contribution is -0.385. The maximum absolute atomic E-state index is 11.1. The van der Waals surface area contributed by atoms with Crippen molar-refractivity contribution in [2.24, 2.45) is 0 Å². The first-order chi connectivity index (χ1) is 15.8. The normalized spacial score (nSPS) is 10.7. The number of hydrogen-bond donors (Lipinski definition) is 0. The molecule has 0 aromatic heterocycles. The molecule has 0 bridgehead atoms. The molecule has 4 aromatic rings. The highest BCUT2D eigenvalue weighted by atomic mass is 32.2. The van der Waals surface area contributed by atoms with Gasteiger partial charge in [-0.1, -0.05) is 36.0 Å². The molecule has 0 aliphatic rings. The van der Waals surface area contributed by atoms with Crippen molar-refractivity contribution in [3.63, 3.8) is 0 Å². The zero-order valence-electron chi connectivity index (χ0n) is 18.0. The minimum atomic E-state index is -0.402. The van der Waals surface area contributed by atoms with Crippen molar-refractivity contribution in [3.05, 3.63) is 116 Å². The van der Waals surface area contributed by atoms with Crippen LogP contribution in [0.1, 0.15) is 11.1 Å². The third-order valence-electron chi connectivity index (χ3n) is 5.42. The Bertz CT molecular complexity index is 1250. The Morgan fingerprint density at radius 3 is 1.27 bits per heavy atom. The van der Waals surface area contributed by atoms with Gasteiger partial charge in [-0.2, -0.15) is 0 Å². The maximum Gasteiger partial charge on any atom is 0.269 e. The molecule has 4 rings (SSSR count). The minimum absolute atomic E-state index is 0.0562. The second-order valence-electron chi connectivity index (χ2n) is 7.61. The van der Waals surface area contributed by atoms with Crippen LogP contribution in [0.15, 0.2) is 94.7 Å². The lowest BCUT2D eigenvalue weighted by Gasteiger charge is -2.16. The van der Waals surface area contributed by atoms with Gasteiger partial charge in [0, 0.05) is 34.1 Å². The third kappa shape index (κ3) is 4.63. The van der Waals surface area contributed by atoms with Crippen LogP contribution in [0.5, 0.6) is 0 Å². The summed E-state index contributed by atoms with van der Waals surface area (Å²) in [6.45, 7) is 4.04. The van der Waals surface area contributed by atoms with E-state index in [9.17, 15) is 20.2 Å². The first kappa shape index (κ1) is 22.2. The van der Waals surface area contributed by atoms with E-state index in [-0.39, 0.29) is 11.4 Å². The number of nitro groups is 2. The maximum atomic E-state index is 11.1. The Morgan fingerprint density at radius 1 is 0.576 bits per heavy atom. The van der Waals surface area contributed by atoms with Gasteiger partial charge in [0.2, 0.25) is 0 Å². The monoisotopic (exact) mass is 456 g/mol. The third-order valence-corrected chi connectivity index (χ3v) is 6.54. The quantitative estimate of drug-likeness (QED) is 0.220. The first-order valence-corrected chi connectivity index (χ1v) is 11.0. The fourth-order valence-electron chi connectivity index (χ4n) is 3.81. The molecule has 6 nitrogen and oxygen atoms in total. The molecule has 0 atom stereocenters. The van der Waals surface area contributed by atoms with Gasteiger partial charge >= 0.3 is 0 Å². The zero-order valence-corrected chi connectivity index (χ0v) is 18.8. The standard InChI is InChI=1S/C26H20N2O4S/c1-17-5-3-7-23(25(17)19-9-13-21(14-10-19)27(29)30)33-24-8-4-6-18(2)26(24)20-11-15-22(16-12-20)28(31)32/h3-16H,1-2H3. The van der Waals surface area contributed by atoms with Gasteiger partial charge in [0.1, 0.15) is 0 Å². The van der Waals surface area contributed by atoms with Crippen LogP contribution in [0.25, 0.3) is 22.3 Å². The molecule has 0 N–H and O–H groups in total. The number of benzene rings is 4. The average Bonchev–Trinajstić information content (AvgIpc) is 2.79. The summed E-state index contributed by atoms with van der Waals surface area (Å²) in [4.78, 5) is 23.3. The van der Waals surface area contributed by atoms with E-state index in [1.807, 2.05) is 50.2 Å². The fraction of sp³-hybridized carbons (Fsp3) is 0.0769. The van der Waals surface area contributed by atoms with Crippen molar-refractivity contribution in [3.8, 4) is 22.3 Å². The van der Waals surface area contributed by atoms with E-state index < -0.39 is 9.85 Å². The molecular formula is C26H20N2O4S. The van der Waals surface area contributed by atoms with Gasteiger partial charge in [-0.05, 0) is 83.6 Å². The summed E-state index contributed by atoms with van der Waals surface area (Å²) in [7, 11) is 0. The molecule has 0 fully saturated rings. The molecule has 33 heavy (non-hydrogen) atoms. The van der Waals surface area contributed by atoms with Gasteiger partial charge in [0.05, 0.1) is 9.85 Å². The van der Waals surface area contributed by atoms with Gasteiger partial charge in [0.25, 0.3) is 11.4 Å². The molecule has 7 heteroatoms. The van der Waals surface area contributed by atoms with Crippen molar-refractivity contribution in [1.82, 2.24) is 0 Å². The Labute approximate surface area is 195 Å². The predicted octanol–water partition coefficient (Wildman–Crippen LogP) is 7.61. The number of aryl methyl sites for hydroxylation is 2. The molecule has 0 saturated heterocycles. The minimum Gasteiger partial charge on any atom is -0.258 e. The summed E-state index contributed by atoms with van der Waals surface area (Å²) >= 11 is 1.61. The van der Waals surface area contributed by atoms with Crippen molar-refractivity contribution in [2.45, 2.75) is 23.6 Å². The van der Waals surface area contributed by atoms with Crippen LogP contribution in [0, 0.1) is 34.1 Å². The Balaban J connectivity index is 1.78. The molecule has 164 valence electrons. The van der Waals surface area contributed by atoms with Gasteiger partial charge in [-0.25, -0.2) is 0 Å². The van der Waals surface area contributed by atoms with E-state index in [0.29, 0.717) is 0 Å². The summed E-state index contributed by atoms with van der Waals surface area (Å²) < 4.78 is 0. The lowest BCUT2D eigenvalue weighted by atomic mass is 10.00. The molecule has 0 amide bonds. The van der Waals surface area contributed by atoms with Crippen molar-refractivity contribution in [1.29, 1.82) is 0 Å². The number of hydrogen-bond acceptors (Lipinski definition) is 5. The molecule has 0 aliphatic heterocycles. The average molecular weight is 457 g/mol. The van der Waals surface area contributed by atoms with Crippen LogP contribution < -0.4 is 0 Å². The lowest BCUT2D eigenvalue weighted by Crippen LogP contribution is -1.92. The van der Waals surface area contributed by atoms with E-state index in [4.69, 9.17) is 0 Å². The second-order valence-corrected chi connectivity index (χ2v) is 8.69. The Morgan fingerprint density at radius 2 is 0.939 bits per heavy atom. The number of non-ortho nitro benzene ring substituents is 2. The van der Waals surface area contributed by atoms with Gasteiger partial charge in [0.15, 0.2) is 0 Å². The van der Waals surface area contributed by atoms with Crippen LogP contribution in [0.2, 0.25) is 0 Å². The van der Waals surface area contributed by atoms with E-state index in [0.717, 1.165) is 43.2 Å². The molecule has 0 unspecified atom stereocenters. The van der Waals surface area contributed by atoms with Gasteiger partial charge in [-0.3, -0.25) is 20.2 Å². The molecular weight excluding hydrogens is 436 g/mol. The van der Waals surface area contributed by atoms with Crippen LogP contribution >= 0.6 is 11.8 Å². The van der Waals surface area contributed by atoms with Crippen LogP contribution in [0.3, 0.4) is 0 Å². The van der Waals surface area contributed by atoms with Crippen LogP contribution in [-0.4, -0.2) is 9.85 Å². The number of nitro benzene ring substituents is 2. The fourth-order valence-corrected chi connectivity index (χ4v) is 5.10. The molecule has 0 heterocycles. The van der Waals surface area contributed by atoms with E-state index in [1.54, 1.807) is 36.0 Å². The molecule has 0 spiro atoms. The highest BCUT2D eigenvalue weighted by Crippen LogP contribution is 2.43. The predicted molar refractivity (Wildman–Crippen MR) is 131 cm³/mol. The highest BCUT2D eigenvalue weighted by molar-refractivity contribution is 7.99. The van der Waals surface area contributed by atoms with Crippen molar-refractivity contribution in [2.75, 3.05) is 0 Å². The molecule has 0 radical (unpaired) electrons. The van der Waals surface area contributed by atoms with Crippen LogP contribution in [-0.2, 0) is 0 Å². The van der Waals surface area contributed by atoms with E-state index in [1.165, 1.54) is 24.3 Å². The Kier molecular flexibility index (Phi) is 6.24. The number of rotatable bonds is 6. The zero-order chi connectivity index (χ0) is 23.5. The smallest absolute Gasteiger partial charge is 0.258 e. The second kappa shape index (κ2) is 9.26. The summed E-state index contributed by atoms with van der Waals surface area (Å²) in [5.74, 6) is 0. The Hall–Kier alpha value is -3.97. The SMILES string of the molecule is Cc1cccc(Sc2cccc(C)c2-c2ccc([N+](=O)[O-])cc2)c1-c1ccc([N+](=O)[O-])cc1. The number of nitrogens with zero attached hydrogens (tertiary/aromatic N) is 2. The highest BCUT2D eigenvalue weighted by Gasteiger charge is 2.16. The molecule has 0 aliphatic carbocycles. The summed E-state index contributed by atoms with van der Waals surface area (Å²) in [6, 6.07) is 25.3. The van der Waals surface area contributed by atoms with Gasteiger partial charge < -0.3 is 0 Å². The largest absolute Gasteiger partial charge is 0.269 e. The summed E-state index contributed by atoms with van der Waals surface area (Å²) in [6.07, 6.45) is 0. The summed E-state index contributed by atoms with van der Waals surface area (Å²) in [5.41, 5.74) is 6.11. The van der Waals surface area contributed by atoms with Gasteiger partial charge in [-0.15, -0.1) is 0 Å². The van der Waals surface area contributed by atoms with Crippen molar-refractivity contribution >= 4 is 23.1 Å². The molecule has 4 aromatic carbocycles. The topological polar surface area (TPSA) is 86.3 Å². The molecule has 0 saturated carbocycles. The van der Waals surface area contributed by atoms with E-state index in [2.05, 4.69) is 0 Å². The van der Waals surface area contributed by atoms with E-state index >= 15 is 0 Å².